The van der Waals surface area contributed by atoms with Crippen LogP contribution < -0.4 is 5.32 Å². The zero-order valence-corrected chi connectivity index (χ0v) is 13.5. The summed E-state index contributed by atoms with van der Waals surface area (Å²) in [5.74, 6) is 2.09. The molecular formula is C17H29N3. The molecule has 0 aromatic carbocycles. The molecule has 2 aliphatic rings. The Labute approximate surface area is 123 Å². The molecule has 1 aliphatic carbocycles. The van der Waals surface area contributed by atoms with Crippen molar-refractivity contribution >= 4 is 0 Å². The van der Waals surface area contributed by atoms with Crippen molar-refractivity contribution in [1.29, 1.82) is 0 Å². The molecule has 0 saturated heterocycles. The molecule has 0 radical (unpaired) electrons. The van der Waals surface area contributed by atoms with Crippen LogP contribution in [0.15, 0.2) is 0 Å². The highest BCUT2D eigenvalue weighted by Gasteiger charge is 2.32. The number of hydrogen-bond donors (Lipinski definition) is 1. The van der Waals surface area contributed by atoms with Crippen LogP contribution in [0.3, 0.4) is 0 Å². The number of nitrogens with one attached hydrogen (secondary N) is 1. The minimum Gasteiger partial charge on any atom is -0.328 e. The lowest BCUT2D eigenvalue weighted by atomic mass is 9.87. The first kappa shape index (κ1) is 14.1. The van der Waals surface area contributed by atoms with Gasteiger partial charge in [-0.15, -0.1) is 0 Å². The number of rotatable bonds is 2. The zero-order valence-electron chi connectivity index (χ0n) is 13.5. The summed E-state index contributed by atoms with van der Waals surface area (Å²) in [6, 6.07) is 0.521. The van der Waals surface area contributed by atoms with Gasteiger partial charge in [0.05, 0.1) is 5.69 Å². The first-order valence-corrected chi connectivity index (χ1v) is 8.29. The minimum atomic E-state index is 0.284. The third kappa shape index (κ3) is 2.41. The van der Waals surface area contributed by atoms with Gasteiger partial charge in [0.15, 0.2) is 0 Å². The van der Waals surface area contributed by atoms with Crippen LogP contribution in [-0.2, 0) is 13.0 Å². The summed E-state index contributed by atoms with van der Waals surface area (Å²) in [6.07, 6.45) is 6.56. The number of nitrogens with zero attached hydrogens (tertiary/aromatic N) is 2. The van der Waals surface area contributed by atoms with E-state index in [9.17, 15) is 0 Å². The highest BCUT2D eigenvalue weighted by atomic mass is 15.2. The van der Waals surface area contributed by atoms with Crippen LogP contribution in [0, 0.1) is 5.41 Å². The fourth-order valence-corrected chi connectivity index (χ4v) is 3.65. The van der Waals surface area contributed by atoms with E-state index >= 15 is 0 Å². The molecule has 1 aromatic rings. The van der Waals surface area contributed by atoms with Crippen molar-refractivity contribution in [2.24, 2.45) is 5.41 Å². The van der Waals surface area contributed by atoms with E-state index in [1.807, 2.05) is 0 Å². The normalized spacial score (nSPS) is 22.0. The molecule has 1 fully saturated rings. The average Bonchev–Trinajstić information content (AvgIpc) is 3.03. The fourth-order valence-electron chi connectivity index (χ4n) is 3.65. The van der Waals surface area contributed by atoms with Crippen LogP contribution >= 0.6 is 0 Å². The maximum Gasteiger partial charge on any atom is 0.112 e. The van der Waals surface area contributed by atoms with Crippen molar-refractivity contribution in [3.63, 3.8) is 0 Å². The molecule has 1 atom stereocenters. The van der Waals surface area contributed by atoms with Crippen LogP contribution in [0.4, 0.5) is 0 Å². The molecule has 0 amide bonds. The van der Waals surface area contributed by atoms with Gasteiger partial charge in [-0.3, -0.25) is 0 Å². The van der Waals surface area contributed by atoms with Crippen molar-refractivity contribution in [3.8, 4) is 0 Å². The van der Waals surface area contributed by atoms with Gasteiger partial charge in [0.1, 0.15) is 5.82 Å². The quantitative estimate of drug-likeness (QED) is 0.890. The van der Waals surface area contributed by atoms with Gasteiger partial charge in [-0.2, -0.15) is 0 Å². The van der Waals surface area contributed by atoms with Crippen molar-refractivity contribution in [2.45, 2.75) is 78.3 Å². The monoisotopic (exact) mass is 275 g/mol. The summed E-state index contributed by atoms with van der Waals surface area (Å²) in [4.78, 5) is 5.07. The summed E-state index contributed by atoms with van der Waals surface area (Å²) in [7, 11) is 0. The number of imidazole rings is 1. The highest BCUT2D eigenvalue weighted by Crippen LogP contribution is 2.40. The van der Waals surface area contributed by atoms with Gasteiger partial charge >= 0.3 is 0 Å². The van der Waals surface area contributed by atoms with E-state index in [0.717, 1.165) is 19.5 Å². The second-order valence-electron chi connectivity index (χ2n) is 7.68. The Morgan fingerprint density at radius 2 is 1.95 bits per heavy atom. The average molecular weight is 275 g/mol. The second kappa shape index (κ2) is 5.18. The number of fused-ring (bicyclic) bond motifs is 1. The Kier molecular flexibility index (Phi) is 3.65. The lowest BCUT2D eigenvalue weighted by Crippen LogP contribution is -2.29. The van der Waals surface area contributed by atoms with Crippen molar-refractivity contribution < 1.29 is 0 Å². The predicted molar refractivity (Wildman–Crippen MR) is 83.0 cm³/mol. The third-order valence-corrected chi connectivity index (χ3v) is 5.31. The lowest BCUT2D eigenvalue weighted by molar-refractivity contribution is 0.249. The standard InChI is InChI=1S/C17H29N3/c1-12(17(2,3)4)20-15-9-10-18-11-14(15)19-16(20)13-7-5-6-8-13/h12-13,18H,5-11H2,1-4H3. The molecule has 0 bridgehead atoms. The maximum atomic E-state index is 5.07. The number of aromatic nitrogens is 2. The van der Waals surface area contributed by atoms with E-state index in [-0.39, 0.29) is 5.41 Å². The van der Waals surface area contributed by atoms with Crippen molar-refractivity contribution in [1.82, 2.24) is 14.9 Å². The van der Waals surface area contributed by atoms with Gasteiger partial charge in [-0.05, 0) is 25.2 Å². The van der Waals surface area contributed by atoms with Gasteiger partial charge in [-0.1, -0.05) is 33.6 Å². The minimum absolute atomic E-state index is 0.284. The molecule has 3 heteroatoms. The molecule has 0 spiro atoms. The maximum absolute atomic E-state index is 5.07. The van der Waals surface area contributed by atoms with E-state index in [1.165, 1.54) is 42.9 Å². The first-order chi connectivity index (χ1) is 9.48. The van der Waals surface area contributed by atoms with E-state index in [0.29, 0.717) is 12.0 Å². The summed E-state index contributed by atoms with van der Waals surface area (Å²) in [5, 5.41) is 3.47. The molecule has 1 unspecified atom stereocenters. The SMILES string of the molecule is CC(n1c(C2CCCC2)nc2c1CCNC2)C(C)(C)C. The molecule has 1 aromatic heterocycles. The molecular weight excluding hydrogens is 246 g/mol. The summed E-state index contributed by atoms with van der Waals surface area (Å²) in [5.41, 5.74) is 3.11. The van der Waals surface area contributed by atoms with Crippen LogP contribution in [0.1, 0.15) is 82.6 Å². The summed E-state index contributed by atoms with van der Waals surface area (Å²) < 4.78 is 2.62. The van der Waals surface area contributed by atoms with Crippen LogP contribution in [0.5, 0.6) is 0 Å². The first-order valence-electron chi connectivity index (χ1n) is 8.29. The van der Waals surface area contributed by atoms with Crippen LogP contribution in [-0.4, -0.2) is 16.1 Å². The number of hydrogen-bond acceptors (Lipinski definition) is 2. The van der Waals surface area contributed by atoms with E-state index in [4.69, 9.17) is 4.98 Å². The molecule has 1 aliphatic heterocycles. The smallest absolute Gasteiger partial charge is 0.112 e. The Bertz CT molecular complexity index is 475. The van der Waals surface area contributed by atoms with Gasteiger partial charge in [0.25, 0.3) is 0 Å². The Morgan fingerprint density at radius 3 is 2.60 bits per heavy atom. The van der Waals surface area contributed by atoms with Gasteiger partial charge < -0.3 is 9.88 Å². The van der Waals surface area contributed by atoms with E-state index < -0.39 is 0 Å². The van der Waals surface area contributed by atoms with Gasteiger partial charge in [0, 0.05) is 37.2 Å². The lowest BCUT2D eigenvalue weighted by Gasteiger charge is -2.33. The van der Waals surface area contributed by atoms with Crippen LogP contribution in [0.25, 0.3) is 0 Å². The largest absolute Gasteiger partial charge is 0.328 e. The van der Waals surface area contributed by atoms with Crippen molar-refractivity contribution in [3.05, 3.63) is 17.2 Å². The molecule has 3 nitrogen and oxygen atoms in total. The Balaban J connectivity index is 2.06. The summed E-state index contributed by atoms with van der Waals surface area (Å²) in [6.45, 7) is 11.5. The third-order valence-electron chi connectivity index (χ3n) is 5.31. The Hall–Kier alpha value is -0.830. The molecule has 20 heavy (non-hydrogen) atoms. The molecule has 1 N–H and O–H groups in total. The van der Waals surface area contributed by atoms with Gasteiger partial charge in [-0.25, -0.2) is 4.98 Å². The molecule has 1 saturated carbocycles. The highest BCUT2D eigenvalue weighted by molar-refractivity contribution is 5.24. The van der Waals surface area contributed by atoms with Crippen LogP contribution in [0.2, 0.25) is 0 Å². The van der Waals surface area contributed by atoms with E-state index in [1.54, 1.807) is 0 Å². The zero-order chi connectivity index (χ0) is 14.3. The molecule has 3 rings (SSSR count). The van der Waals surface area contributed by atoms with Crippen molar-refractivity contribution in [2.75, 3.05) is 6.54 Å². The predicted octanol–water partition coefficient (Wildman–Crippen LogP) is 3.79. The molecule has 2 heterocycles. The summed E-state index contributed by atoms with van der Waals surface area (Å²) >= 11 is 0. The second-order valence-corrected chi connectivity index (χ2v) is 7.68. The topological polar surface area (TPSA) is 29.9 Å². The molecule has 112 valence electrons. The van der Waals surface area contributed by atoms with Gasteiger partial charge in [0.2, 0.25) is 0 Å². The van der Waals surface area contributed by atoms with E-state index in [2.05, 4.69) is 37.6 Å². The Morgan fingerprint density at radius 1 is 1.25 bits per heavy atom. The fraction of sp³-hybridized carbons (Fsp3) is 0.824.